The molecule has 4 heteroatoms. The van der Waals surface area contributed by atoms with E-state index in [1.165, 1.54) is 12.1 Å². The van der Waals surface area contributed by atoms with Gasteiger partial charge in [0.15, 0.2) is 0 Å². The van der Waals surface area contributed by atoms with Crippen molar-refractivity contribution in [1.29, 1.82) is 0 Å². The van der Waals surface area contributed by atoms with Gasteiger partial charge in [-0.1, -0.05) is 42.5 Å². The maximum Gasteiger partial charge on any atom is 0.248 e. The average molecular weight is 313 g/mol. The number of benzene rings is 2. The fourth-order valence-corrected chi connectivity index (χ4v) is 2.80. The Balaban J connectivity index is 1.59. The monoisotopic (exact) mass is 313 g/mol. The average Bonchev–Trinajstić information content (AvgIpc) is 2.74. The first-order chi connectivity index (χ1) is 11.2. The summed E-state index contributed by atoms with van der Waals surface area (Å²) in [6.45, 7) is 1.41. The van der Waals surface area contributed by atoms with Crippen molar-refractivity contribution in [3.63, 3.8) is 0 Å². The Kier molecular flexibility index (Phi) is 5.03. The minimum Gasteiger partial charge on any atom is -0.368 e. The largest absolute Gasteiger partial charge is 0.368 e. The van der Waals surface area contributed by atoms with Crippen LogP contribution in [-0.4, -0.2) is 30.1 Å². The molecule has 2 aromatic carbocycles. The Hall–Kier alpha value is -2.20. The second-order valence-electron chi connectivity index (χ2n) is 5.85. The molecule has 1 fully saturated rings. The van der Waals surface area contributed by atoms with Gasteiger partial charge in [0.05, 0.1) is 6.10 Å². The highest BCUT2D eigenvalue weighted by molar-refractivity contribution is 5.77. The van der Waals surface area contributed by atoms with Gasteiger partial charge in [0.1, 0.15) is 12.4 Å². The van der Waals surface area contributed by atoms with E-state index in [0.717, 1.165) is 17.5 Å². The Morgan fingerprint density at radius 2 is 1.78 bits per heavy atom. The van der Waals surface area contributed by atoms with E-state index in [0.29, 0.717) is 19.5 Å². The smallest absolute Gasteiger partial charge is 0.248 e. The maximum absolute atomic E-state index is 13.0. The molecule has 0 N–H and O–H groups in total. The molecule has 0 aliphatic carbocycles. The first kappa shape index (κ1) is 15.7. The zero-order chi connectivity index (χ0) is 16.1. The molecule has 3 nitrogen and oxygen atoms in total. The lowest BCUT2D eigenvalue weighted by Gasteiger charge is -2.20. The van der Waals surface area contributed by atoms with Crippen molar-refractivity contribution in [3.8, 4) is 0 Å². The number of rotatable bonds is 4. The molecule has 1 amide bonds. The summed E-state index contributed by atoms with van der Waals surface area (Å²) in [5.41, 5.74) is 2.15. The van der Waals surface area contributed by atoms with Crippen molar-refractivity contribution in [3.05, 3.63) is 71.5 Å². The van der Waals surface area contributed by atoms with Gasteiger partial charge >= 0.3 is 0 Å². The van der Waals surface area contributed by atoms with Crippen LogP contribution in [0.25, 0.3) is 0 Å². The summed E-state index contributed by atoms with van der Waals surface area (Å²) >= 11 is 0. The summed E-state index contributed by atoms with van der Waals surface area (Å²) in [7, 11) is 0. The molecule has 1 aliphatic rings. The number of carbonyl (C=O) groups excluding carboxylic acids is 1. The molecule has 1 atom stereocenters. The van der Waals surface area contributed by atoms with E-state index >= 15 is 0 Å². The van der Waals surface area contributed by atoms with Gasteiger partial charge in [0.2, 0.25) is 5.91 Å². The number of amides is 1. The van der Waals surface area contributed by atoms with E-state index in [9.17, 15) is 9.18 Å². The predicted molar refractivity (Wildman–Crippen MR) is 86.3 cm³/mol. The number of carbonyl (C=O) groups is 1. The van der Waals surface area contributed by atoms with E-state index in [1.807, 2.05) is 35.2 Å². The van der Waals surface area contributed by atoms with E-state index in [2.05, 4.69) is 0 Å². The van der Waals surface area contributed by atoms with Crippen LogP contribution in [0.3, 0.4) is 0 Å². The molecule has 0 aromatic heterocycles. The van der Waals surface area contributed by atoms with Crippen molar-refractivity contribution in [2.45, 2.75) is 25.5 Å². The lowest BCUT2D eigenvalue weighted by Crippen LogP contribution is -2.32. The third-order valence-corrected chi connectivity index (χ3v) is 4.11. The highest BCUT2D eigenvalue weighted by Gasteiger charge is 2.23. The molecule has 120 valence electrons. The zero-order valence-corrected chi connectivity index (χ0v) is 13.0. The minimum absolute atomic E-state index is 0.00909. The van der Waals surface area contributed by atoms with E-state index < -0.39 is 0 Å². The van der Waals surface area contributed by atoms with Crippen LogP contribution in [-0.2, 0) is 22.5 Å². The molecule has 2 aromatic rings. The van der Waals surface area contributed by atoms with Crippen molar-refractivity contribution in [2.75, 3.05) is 13.2 Å². The van der Waals surface area contributed by atoms with Gasteiger partial charge in [-0.3, -0.25) is 4.79 Å². The molecular weight excluding hydrogens is 293 g/mol. The molecule has 1 aliphatic heterocycles. The number of ether oxygens (including phenoxy) is 1. The summed E-state index contributed by atoms with van der Waals surface area (Å²) in [6, 6.07) is 16.4. The molecule has 3 rings (SSSR count). The fraction of sp³-hybridized carbons (Fsp3) is 0.316. The standard InChI is InChI=1S/C19H20FNO2/c20-17-8-6-15(7-9-17)12-18-10-11-21(19(22)14-23-18)13-16-4-2-1-3-5-16/h1-9,18H,10-14H2. The fourth-order valence-electron chi connectivity index (χ4n) is 2.80. The van der Waals surface area contributed by atoms with Crippen LogP contribution < -0.4 is 0 Å². The third kappa shape index (κ3) is 4.39. The highest BCUT2D eigenvalue weighted by atomic mass is 19.1. The van der Waals surface area contributed by atoms with Crippen molar-refractivity contribution in [1.82, 2.24) is 4.90 Å². The number of hydrogen-bond donors (Lipinski definition) is 0. The van der Waals surface area contributed by atoms with Gasteiger partial charge in [-0.25, -0.2) is 4.39 Å². The normalized spacial score (nSPS) is 18.7. The molecule has 1 saturated heterocycles. The predicted octanol–water partition coefficient (Wildman–Crippen LogP) is 3.19. The molecule has 0 spiro atoms. The van der Waals surface area contributed by atoms with Crippen LogP contribution in [0.1, 0.15) is 17.5 Å². The van der Waals surface area contributed by atoms with Gasteiger partial charge in [0.25, 0.3) is 0 Å². The van der Waals surface area contributed by atoms with E-state index in [-0.39, 0.29) is 24.4 Å². The van der Waals surface area contributed by atoms with Crippen molar-refractivity contribution in [2.24, 2.45) is 0 Å². The molecule has 0 radical (unpaired) electrons. The van der Waals surface area contributed by atoms with E-state index in [1.54, 1.807) is 12.1 Å². The Morgan fingerprint density at radius 3 is 2.52 bits per heavy atom. The zero-order valence-electron chi connectivity index (χ0n) is 13.0. The number of halogens is 1. The van der Waals surface area contributed by atoms with Crippen LogP contribution in [0.2, 0.25) is 0 Å². The molecule has 0 saturated carbocycles. The molecule has 23 heavy (non-hydrogen) atoms. The lowest BCUT2D eigenvalue weighted by atomic mass is 10.1. The molecule has 1 unspecified atom stereocenters. The summed E-state index contributed by atoms with van der Waals surface area (Å²) in [5, 5.41) is 0. The quantitative estimate of drug-likeness (QED) is 0.867. The summed E-state index contributed by atoms with van der Waals surface area (Å²) in [5.74, 6) is -0.213. The summed E-state index contributed by atoms with van der Waals surface area (Å²) < 4.78 is 18.7. The second-order valence-corrected chi connectivity index (χ2v) is 5.85. The first-order valence-electron chi connectivity index (χ1n) is 7.88. The molecular formula is C19H20FNO2. The first-order valence-corrected chi connectivity index (χ1v) is 7.88. The SMILES string of the molecule is O=C1COC(Cc2ccc(F)cc2)CCN1Cc1ccccc1. The summed E-state index contributed by atoms with van der Waals surface area (Å²) in [4.78, 5) is 14.1. The molecule has 1 heterocycles. The Bertz CT molecular complexity index is 642. The van der Waals surface area contributed by atoms with Gasteiger partial charge in [0, 0.05) is 13.1 Å². The van der Waals surface area contributed by atoms with Crippen LogP contribution in [0.4, 0.5) is 4.39 Å². The maximum atomic E-state index is 13.0. The Labute approximate surface area is 135 Å². The third-order valence-electron chi connectivity index (χ3n) is 4.11. The molecule has 0 bridgehead atoms. The number of hydrogen-bond acceptors (Lipinski definition) is 2. The summed E-state index contributed by atoms with van der Waals surface area (Å²) in [6.07, 6.45) is 1.48. The van der Waals surface area contributed by atoms with Crippen molar-refractivity contribution < 1.29 is 13.9 Å². The van der Waals surface area contributed by atoms with Crippen LogP contribution in [0, 0.1) is 5.82 Å². The van der Waals surface area contributed by atoms with Gasteiger partial charge < -0.3 is 9.64 Å². The van der Waals surface area contributed by atoms with Crippen molar-refractivity contribution >= 4 is 5.91 Å². The lowest BCUT2D eigenvalue weighted by molar-refractivity contribution is -0.135. The van der Waals surface area contributed by atoms with Gasteiger partial charge in [-0.2, -0.15) is 0 Å². The van der Waals surface area contributed by atoms with Crippen LogP contribution in [0.5, 0.6) is 0 Å². The minimum atomic E-state index is -0.236. The number of nitrogens with zero attached hydrogens (tertiary/aromatic N) is 1. The Morgan fingerprint density at radius 1 is 1.04 bits per heavy atom. The van der Waals surface area contributed by atoms with Crippen LogP contribution in [0.15, 0.2) is 54.6 Å². The van der Waals surface area contributed by atoms with Gasteiger partial charge in [-0.15, -0.1) is 0 Å². The topological polar surface area (TPSA) is 29.5 Å². The van der Waals surface area contributed by atoms with Crippen LogP contribution >= 0.6 is 0 Å². The van der Waals surface area contributed by atoms with E-state index in [4.69, 9.17) is 4.74 Å². The second kappa shape index (κ2) is 7.38. The van der Waals surface area contributed by atoms with Gasteiger partial charge in [-0.05, 0) is 36.1 Å². The highest BCUT2D eigenvalue weighted by Crippen LogP contribution is 2.16.